The predicted molar refractivity (Wildman–Crippen MR) is 79.0 cm³/mol. The van der Waals surface area contributed by atoms with Crippen molar-refractivity contribution >= 4 is 17.2 Å². The van der Waals surface area contributed by atoms with E-state index < -0.39 is 5.63 Å². The van der Waals surface area contributed by atoms with Gasteiger partial charge in [-0.3, -0.25) is 4.79 Å². The number of thiophene rings is 1. The van der Waals surface area contributed by atoms with Crippen molar-refractivity contribution in [2.75, 3.05) is 13.1 Å². The first-order valence-electron chi connectivity index (χ1n) is 6.73. The molecular formula is C15H15NO4S. The van der Waals surface area contributed by atoms with Crippen LogP contribution in [0.15, 0.2) is 38.9 Å². The quantitative estimate of drug-likeness (QED) is 0.873. The minimum atomic E-state index is -0.422. The molecule has 0 aliphatic carbocycles. The lowest BCUT2D eigenvalue weighted by Gasteiger charge is -2.16. The highest BCUT2D eigenvalue weighted by molar-refractivity contribution is 7.12. The third-order valence-electron chi connectivity index (χ3n) is 3.33. The summed E-state index contributed by atoms with van der Waals surface area (Å²) in [5.74, 6) is 1.06. The maximum Gasteiger partial charge on any atom is 0.339 e. The molecule has 1 aliphatic heterocycles. The Kier molecular flexibility index (Phi) is 3.79. The van der Waals surface area contributed by atoms with Crippen LogP contribution >= 0.6 is 11.3 Å². The van der Waals surface area contributed by atoms with Gasteiger partial charge in [-0.2, -0.15) is 0 Å². The van der Waals surface area contributed by atoms with Gasteiger partial charge in [-0.25, -0.2) is 4.79 Å². The maximum atomic E-state index is 12.2. The highest BCUT2D eigenvalue weighted by Crippen LogP contribution is 2.21. The summed E-state index contributed by atoms with van der Waals surface area (Å²) in [6, 6.07) is 6.71. The van der Waals surface area contributed by atoms with E-state index in [9.17, 15) is 9.59 Å². The number of carbonyl (C=O) groups excluding carboxylic acids is 1. The maximum absolute atomic E-state index is 12.2. The Morgan fingerprint density at radius 1 is 1.48 bits per heavy atom. The molecular weight excluding hydrogens is 290 g/mol. The molecule has 1 fully saturated rings. The van der Waals surface area contributed by atoms with E-state index in [2.05, 4.69) is 0 Å². The van der Waals surface area contributed by atoms with Gasteiger partial charge in [-0.1, -0.05) is 6.07 Å². The number of aryl methyl sites for hydroxylation is 1. The van der Waals surface area contributed by atoms with E-state index in [0.29, 0.717) is 24.6 Å². The van der Waals surface area contributed by atoms with Gasteiger partial charge >= 0.3 is 5.63 Å². The van der Waals surface area contributed by atoms with Gasteiger partial charge < -0.3 is 14.1 Å². The molecule has 1 saturated heterocycles. The molecule has 0 N–H and O–H groups in total. The number of ether oxygens (including phenoxy) is 1. The number of carbonyl (C=O) groups is 1. The van der Waals surface area contributed by atoms with Gasteiger partial charge in [0.2, 0.25) is 0 Å². The van der Waals surface area contributed by atoms with Crippen LogP contribution in [-0.2, 0) is 0 Å². The van der Waals surface area contributed by atoms with Crippen molar-refractivity contribution in [3.05, 3.63) is 50.7 Å². The SMILES string of the molecule is Cc1cc(OC2CCN(C(=O)c3cccs3)C2)cc(=O)o1. The average molecular weight is 305 g/mol. The summed E-state index contributed by atoms with van der Waals surface area (Å²) in [7, 11) is 0. The molecule has 6 heteroatoms. The smallest absolute Gasteiger partial charge is 0.339 e. The molecule has 0 aromatic carbocycles. The molecule has 1 unspecified atom stereocenters. The van der Waals surface area contributed by atoms with Crippen molar-refractivity contribution in [3.8, 4) is 5.75 Å². The van der Waals surface area contributed by atoms with E-state index in [0.717, 1.165) is 11.3 Å². The van der Waals surface area contributed by atoms with Gasteiger partial charge in [-0.15, -0.1) is 11.3 Å². The summed E-state index contributed by atoms with van der Waals surface area (Å²) in [6.45, 7) is 2.91. The van der Waals surface area contributed by atoms with Gasteiger partial charge in [0.15, 0.2) is 0 Å². The largest absolute Gasteiger partial charge is 0.488 e. The average Bonchev–Trinajstić information content (AvgIpc) is 3.07. The molecule has 21 heavy (non-hydrogen) atoms. The fourth-order valence-electron chi connectivity index (χ4n) is 2.40. The normalized spacial score (nSPS) is 18.0. The molecule has 1 atom stereocenters. The first kappa shape index (κ1) is 13.9. The van der Waals surface area contributed by atoms with Crippen molar-refractivity contribution in [2.45, 2.75) is 19.4 Å². The lowest BCUT2D eigenvalue weighted by molar-refractivity contribution is 0.0777. The zero-order valence-electron chi connectivity index (χ0n) is 11.6. The summed E-state index contributed by atoms with van der Waals surface area (Å²) in [4.78, 5) is 26.1. The Morgan fingerprint density at radius 2 is 2.33 bits per heavy atom. The van der Waals surface area contributed by atoms with Crippen LogP contribution in [0.4, 0.5) is 0 Å². The summed E-state index contributed by atoms with van der Waals surface area (Å²) in [6.07, 6.45) is 0.672. The molecule has 1 aliphatic rings. The predicted octanol–water partition coefficient (Wildman–Crippen LogP) is 2.30. The second-order valence-corrected chi connectivity index (χ2v) is 5.93. The molecule has 2 aromatic heterocycles. The molecule has 0 saturated carbocycles. The van der Waals surface area contributed by atoms with Gasteiger partial charge in [0.05, 0.1) is 17.5 Å². The van der Waals surface area contributed by atoms with Crippen LogP contribution < -0.4 is 10.4 Å². The first-order chi connectivity index (χ1) is 10.1. The number of nitrogens with zero attached hydrogens (tertiary/aromatic N) is 1. The van der Waals surface area contributed by atoms with Crippen molar-refractivity contribution in [2.24, 2.45) is 0 Å². The van der Waals surface area contributed by atoms with Crippen LogP contribution in [0.25, 0.3) is 0 Å². The van der Waals surface area contributed by atoms with E-state index in [1.165, 1.54) is 17.4 Å². The molecule has 3 rings (SSSR count). The number of hydrogen-bond acceptors (Lipinski definition) is 5. The number of amides is 1. The van der Waals surface area contributed by atoms with Crippen LogP contribution in [0, 0.1) is 6.92 Å². The topological polar surface area (TPSA) is 59.8 Å². The third kappa shape index (κ3) is 3.16. The molecule has 3 heterocycles. The van der Waals surface area contributed by atoms with Gasteiger partial charge in [0.25, 0.3) is 5.91 Å². The van der Waals surface area contributed by atoms with Gasteiger partial charge in [0.1, 0.15) is 17.6 Å². The zero-order valence-corrected chi connectivity index (χ0v) is 12.4. The molecule has 0 bridgehead atoms. The standard InChI is InChI=1S/C15H15NO4S/c1-10-7-12(8-14(17)19-10)20-11-4-5-16(9-11)15(18)13-3-2-6-21-13/h2-3,6-8,11H,4-5,9H2,1H3. The van der Waals surface area contributed by atoms with Crippen molar-refractivity contribution < 1.29 is 13.9 Å². The van der Waals surface area contributed by atoms with Crippen LogP contribution in [0.1, 0.15) is 21.9 Å². The van der Waals surface area contributed by atoms with Gasteiger partial charge in [0, 0.05) is 19.0 Å². The van der Waals surface area contributed by atoms with Crippen molar-refractivity contribution in [3.63, 3.8) is 0 Å². The molecule has 2 aromatic rings. The zero-order chi connectivity index (χ0) is 14.8. The minimum Gasteiger partial charge on any atom is -0.488 e. The third-order valence-corrected chi connectivity index (χ3v) is 4.19. The fraction of sp³-hybridized carbons (Fsp3) is 0.333. The molecule has 0 spiro atoms. The van der Waals surface area contributed by atoms with E-state index in [-0.39, 0.29) is 12.0 Å². The van der Waals surface area contributed by atoms with Crippen LogP contribution in [0.5, 0.6) is 5.75 Å². The summed E-state index contributed by atoms with van der Waals surface area (Å²) >= 11 is 1.44. The highest BCUT2D eigenvalue weighted by atomic mass is 32.1. The Morgan fingerprint density at radius 3 is 3.05 bits per heavy atom. The minimum absolute atomic E-state index is 0.0415. The fourth-order valence-corrected chi connectivity index (χ4v) is 3.09. The first-order valence-corrected chi connectivity index (χ1v) is 7.61. The summed E-state index contributed by atoms with van der Waals surface area (Å²) in [5, 5.41) is 1.89. The summed E-state index contributed by atoms with van der Waals surface area (Å²) < 4.78 is 10.7. The van der Waals surface area contributed by atoms with Gasteiger partial charge in [-0.05, 0) is 18.4 Å². The highest BCUT2D eigenvalue weighted by Gasteiger charge is 2.28. The molecule has 110 valence electrons. The molecule has 5 nitrogen and oxygen atoms in total. The summed E-state index contributed by atoms with van der Waals surface area (Å²) in [5.41, 5.74) is -0.422. The number of likely N-dealkylation sites (tertiary alicyclic amines) is 1. The Bertz CT molecular complexity index is 692. The lowest BCUT2D eigenvalue weighted by Crippen LogP contribution is -2.30. The Hall–Kier alpha value is -2.08. The number of hydrogen-bond donors (Lipinski definition) is 0. The van der Waals surface area contributed by atoms with Crippen LogP contribution in [-0.4, -0.2) is 30.0 Å². The van der Waals surface area contributed by atoms with Crippen LogP contribution in [0.3, 0.4) is 0 Å². The molecule has 1 amide bonds. The Labute approximate surface area is 125 Å². The van der Waals surface area contributed by atoms with Crippen LogP contribution in [0.2, 0.25) is 0 Å². The lowest BCUT2D eigenvalue weighted by atomic mass is 10.3. The second-order valence-electron chi connectivity index (χ2n) is 4.98. The van der Waals surface area contributed by atoms with E-state index in [1.807, 2.05) is 17.5 Å². The monoisotopic (exact) mass is 305 g/mol. The van der Waals surface area contributed by atoms with Crippen molar-refractivity contribution in [1.29, 1.82) is 0 Å². The Balaban J connectivity index is 1.64. The van der Waals surface area contributed by atoms with E-state index in [4.69, 9.17) is 9.15 Å². The van der Waals surface area contributed by atoms with Crippen molar-refractivity contribution in [1.82, 2.24) is 4.90 Å². The number of rotatable bonds is 3. The molecule has 0 radical (unpaired) electrons. The second kappa shape index (κ2) is 5.73. The van der Waals surface area contributed by atoms with E-state index in [1.54, 1.807) is 17.9 Å². The van der Waals surface area contributed by atoms with E-state index >= 15 is 0 Å².